The summed E-state index contributed by atoms with van der Waals surface area (Å²) in [4.78, 5) is 16.1. The van der Waals surface area contributed by atoms with Crippen LogP contribution in [0.3, 0.4) is 0 Å². The number of hydrogen-bond acceptors (Lipinski definition) is 5. The standard InChI is InChI=1S/C10H13N5OS/c1-6(2)15-8(4-5-11-15)9(16)13-10-12-7(3)14-17-10/h4-6H,1-3H3,(H,12,13,14,16). The second-order valence-electron chi connectivity index (χ2n) is 3.86. The summed E-state index contributed by atoms with van der Waals surface area (Å²) in [6.45, 7) is 5.72. The molecular formula is C10H13N5OS. The zero-order chi connectivity index (χ0) is 12.4. The van der Waals surface area contributed by atoms with Gasteiger partial charge in [-0.3, -0.25) is 14.8 Å². The summed E-state index contributed by atoms with van der Waals surface area (Å²) in [6, 6.07) is 1.82. The van der Waals surface area contributed by atoms with Crippen LogP contribution in [0.1, 0.15) is 36.2 Å². The van der Waals surface area contributed by atoms with Crippen LogP contribution in [-0.4, -0.2) is 25.0 Å². The predicted octanol–water partition coefficient (Wildman–Crippen LogP) is 1.88. The summed E-state index contributed by atoms with van der Waals surface area (Å²) in [7, 11) is 0. The summed E-state index contributed by atoms with van der Waals surface area (Å²) in [5, 5.41) is 7.32. The third kappa shape index (κ3) is 2.50. The predicted molar refractivity (Wildman–Crippen MR) is 65.2 cm³/mol. The van der Waals surface area contributed by atoms with Crippen LogP contribution in [0.2, 0.25) is 0 Å². The number of aryl methyl sites for hydroxylation is 1. The zero-order valence-electron chi connectivity index (χ0n) is 9.84. The Morgan fingerprint density at radius 3 is 2.88 bits per heavy atom. The van der Waals surface area contributed by atoms with E-state index in [9.17, 15) is 4.79 Å². The van der Waals surface area contributed by atoms with Gasteiger partial charge in [0.05, 0.1) is 0 Å². The molecule has 2 heterocycles. The van der Waals surface area contributed by atoms with Crippen molar-refractivity contribution >= 4 is 22.6 Å². The van der Waals surface area contributed by atoms with Crippen LogP contribution in [0.5, 0.6) is 0 Å². The van der Waals surface area contributed by atoms with E-state index in [0.29, 0.717) is 16.6 Å². The molecule has 0 fully saturated rings. The largest absolute Gasteiger partial charge is 0.295 e. The van der Waals surface area contributed by atoms with Gasteiger partial charge in [-0.1, -0.05) is 0 Å². The van der Waals surface area contributed by atoms with E-state index >= 15 is 0 Å². The molecule has 7 heteroatoms. The lowest BCUT2D eigenvalue weighted by Crippen LogP contribution is -2.18. The van der Waals surface area contributed by atoms with E-state index in [4.69, 9.17) is 0 Å². The van der Waals surface area contributed by atoms with Crippen molar-refractivity contribution in [2.24, 2.45) is 0 Å². The number of nitrogens with one attached hydrogen (secondary N) is 1. The summed E-state index contributed by atoms with van der Waals surface area (Å²) in [5.41, 5.74) is 0.521. The topological polar surface area (TPSA) is 72.7 Å². The molecule has 0 aliphatic carbocycles. The fourth-order valence-electron chi connectivity index (χ4n) is 1.41. The summed E-state index contributed by atoms with van der Waals surface area (Å²) >= 11 is 1.17. The van der Waals surface area contributed by atoms with Crippen molar-refractivity contribution in [2.45, 2.75) is 26.8 Å². The van der Waals surface area contributed by atoms with Gasteiger partial charge in [-0.15, -0.1) is 0 Å². The first-order chi connectivity index (χ1) is 8.08. The number of amides is 1. The van der Waals surface area contributed by atoms with E-state index in [1.54, 1.807) is 23.9 Å². The molecule has 0 atom stereocenters. The Hall–Kier alpha value is -1.76. The lowest BCUT2D eigenvalue weighted by Gasteiger charge is -2.09. The van der Waals surface area contributed by atoms with Gasteiger partial charge in [-0.2, -0.15) is 9.47 Å². The van der Waals surface area contributed by atoms with Crippen LogP contribution in [0.25, 0.3) is 0 Å². The third-order valence-electron chi connectivity index (χ3n) is 2.14. The van der Waals surface area contributed by atoms with E-state index in [0.717, 1.165) is 0 Å². The second-order valence-corrected chi connectivity index (χ2v) is 4.61. The van der Waals surface area contributed by atoms with Crippen molar-refractivity contribution in [3.8, 4) is 0 Å². The normalized spacial score (nSPS) is 10.8. The van der Waals surface area contributed by atoms with Crippen LogP contribution >= 0.6 is 11.5 Å². The molecule has 0 radical (unpaired) electrons. The molecule has 0 aliphatic heterocycles. The van der Waals surface area contributed by atoms with Gasteiger partial charge in [0.1, 0.15) is 11.5 Å². The highest BCUT2D eigenvalue weighted by Crippen LogP contribution is 2.13. The fourth-order valence-corrected chi connectivity index (χ4v) is 1.99. The van der Waals surface area contributed by atoms with Crippen molar-refractivity contribution in [1.82, 2.24) is 19.1 Å². The van der Waals surface area contributed by atoms with Gasteiger partial charge in [0.25, 0.3) is 5.91 Å². The Morgan fingerprint density at radius 2 is 2.29 bits per heavy atom. The van der Waals surface area contributed by atoms with Crippen LogP contribution in [0.15, 0.2) is 12.3 Å². The molecular weight excluding hydrogens is 238 g/mol. The lowest BCUT2D eigenvalue weighted by molar-refractivity contribution is 0.101. The van der Waals surface area contributed by atoms with E-state index in [2.05, 4.69) is 19.8 Å². The van der Waals surface area contributed by atoms with Crippen molar-refractivity contribution in [3.63, 3.8) is 0 Å². The molecule has 2 aromatic rings. The smallest absolute Gasteiger partial charge is 0.275 e. The monoisotopic (exact) mass is 251 g/mol. The van der Waals surface area contributed by atoms with Crippen LogP contribution in [0.4, 0.5) is 5.13 Å². The van der Waals surface area contributed by atoms with Gasteiger partial charge in [0, 0.05) is 23.8 Å². The number of rotatable bonds is 3. The minimum Gasteiger partial charge on any atom is -0.295 e. The molecule has 0 spiro atoms. The zero-order valence-corrected chi connectivity index (χ0v) is 10.7. The summed E-state index contributed by atoms with van der Waals surface area (Å²) in [5.74, 6) is 0.440. The maximum Gasteiger partial charge on any atom is 0.275 e. The van der Waals surface area contributed by atoms with Crippen LogP contribution in [0, 0.1) is 6.92 Å². The number of aromatic nitrogens is 4. The SMILES string of the molecule is Cc1nsc(NC(=O)c2ccnn2C(C)C)n1. The molecule has 1 amide bonds. The summed E-state index contributed by atoms with van der Waals surface area (Å²) < 4.78 is 5.67. The average Bonchev–Trinajstić information content (AvgIpc) is 2.86. The van der Waals surface area contributed by atoms with Gasteiger partial charge in [0.15, 0.2) is 0 Å². The Balaban J connectivity index is 2.17. The highest BCUT2D eigenvalue weighted by atomic mass is 32.1. The summed E-state index contributed by atoms with van der Waals surface area (Å²) in [6.07, 6.45) is 1.61. The molecule has 90 valence electrons. The van der Waals surface area contributed by atoms with Gasteiger partial charge in [0.2, 0.25) is 5.13 Å². The average molecular weight is 251 g/mol. The van der Waals surface area contributed by atoms with Crippen LogP contribution < -0.4 is 5.32 Å². The third-order valence-corrected chi connectivity index (χ3v) is 2.86. The van der Waals surface area contributed by atoms with E-state index < -0.39 is 0 Å². The molecule has 2 aromatic heterocycles. The first kappa shape index (κ1) is 11.7. The molecule has 1 N–H and O–H groups in total. The Labute approximate surface area is 103 Å². The molecule has 0 saturated carbocycles. The van der Waals surface area contributed by atoms with Crippen LogP contribution in [-0.2, 0) is 0 Å². The maximum atomic E-state index is 12.0. The van der Waals surface area contributed by atoms with Gasteiger partial charge >= 0.3 is 0 Å². The van der Waals surface area contributed by atoms with E-state index in [1.165, 1.54) is 11.5 Å². The minimum absolute atomic E-state index is 0.141. The minimum atomic E-state index is -0.215. The fraction of sp³-hybridized carbons (Fsp3) is 0.400. The van der Waals surface area contributed by atoms with Crippen molar-refractivity contribution in [1.29, 1.82) is 0 Å². The highest BCUT2D eigenvalue weighted by molar-refractivity contribution is 7.09. The number of hydrogen-bond donors (Lipinski definition) is 1. The first-order valence-corrected chi connectivity index (χ1v) is 6.00. The molecule has 0 aliphatic rings. The van der Waals surface area contributed by atoms with Crippen molar-refractivity contribution < 1.29 is 4.79 Å². The first-order valence-electron chi connectivity index (χ1n) is 5.23. The number of nitrogens with zero attached hydrogens (tertiary/aromatic N) is 4. The highest BCUT2D eigenvalue weighted by Gasteiger charge is 2.15. The molecule has 17 heavy (non-hydrogen) atoms. The van der Waals surface area contributed by atoms with E-state index in [-0.39, 0.29) is 11.9 Å². The van der Waals surface area contributed by atoms with Gasteiger partial charge in [-0.25, -0.2) is 4.98 Å². The lowest BCUT2D eigenvalue weighted by atomic mass is 10.3. The van der Waals surface area contributed by atoms with Gasteiger partial charge in [-0.05, 0) is 26.8 Å². The molecule has 0 saturated heterocycles. The maximum absolute atomic E-state index is 12.0. The van der Waals surface area contributed by atoms with Gasteiger partial charge < -0.3 is 0 Å². The Morgan fingerprint density at radius 1 is 1.53 bits per heavy atom. The number of carbonyl (C=O) groups is 1. The Kier molecular flexibility index (Phi) is 3.19. The molecule has 6 nitrogen and oxygen atoms in total. The molecule has 0 unspecified atom stereocenters. The number of anilines is 1. The second kappa shape index (κ2) is 4.62. The quantitative estimate of drug-likeness (QED) is 0.904. The Bertz CT molecular complexity index is 530. The molecule has 0 aromatic carbocycles. The number of carbonyl (C=O) groups excluding carboxylic acids is 1. The van der Waals surface area contributed by atoms with E-state index in [1.807, 2.05) is 13.8 Å². The van der Waals surface area contributed by atoms with Crippen molar-refractivity contribution in [2.75, 3.05) is 5.32 Å². The van der Waals surface area contributed by atoms with Crippen molar-refractivity contribution in [3.05, 3.63) is 23.8 Å². The molecule has 0 bridgehead atoms. The molecule has 2 rings (SSSR count).